The average Bonchev–Trinajstić information content (AvgIpc) is 2.51. The van der Waals surface area contributed by atoms with Crippen molar-refractivity contribution in [2.24, 2.45) is 0 Å². The molecule has 0 saturated heterocycles. The van der Waals surface area contributed by atoms with Crippen molar-refractivity contribution in [1.82, 2.24) is 5.48 Å². The van der Waals surface area contributed by atoms with Crippen molar-refractivity contribution in [2.75, 3.05) is 12.4 Å². The van der Waals surface area contributed by atoms with Gasteiger partial charge in [0.05, 0.1) is 7.11 Å². The van der Waals surface area contributed by atoms with Crippen LogP contribution in [0.3, 0.4) is 0 Å². The van der Waals surface area contributed by atoms with Crippen molar-refractivity contribution in [3.05, 3.63) is 65.7 Å². The van der Waals surface area contributed by atoms with Gasteiger partial charge in [0.25, 0.3) is 5.91 Å². The number of carbonyl (C=O) groups excluding carboxylic acids is 1. The number of rotatable bonds is 6. The molecular weight excluding hydrogens is 276 g/mol. The summed E-state index contributed by atoms with van der Waals surface area (Å²) in [6.45, 7) is 3.91. The Morgan fingerprint density at radius 1 is 1.09 bits per heavy atom. The van der Waals surface area contributed by atoms with Crippen LogP contribution in [-0.4, -0.2) is 18.6 Å². The lowest BCUT2D eigenvalue weighted by Gasteiger charge is -2.30. The minimum absolute atomic E-state index is 0.209. The first-order chi connectivity index (χ1) is 10.5. The molecule has 1 amide bonds. The van der Waals surface area contributed by atoms with Crippen molar-refractivity contribution in [3.8, 4) is 0 Å². The van der Waals surface area contributed by atoms with Gasteiger partial charge in [-0.25, -0.2) is 5.48 Å². The number of hydrogen-bond donors (Lipinski definition) is 2. The molecule has 116 valence electrons. The van der Waals surface area contributed by atoms with Gasteiger partial charge in [0.2, 0.25) is 0 Å². The van der Waals surface area contributed by atoms with E-state index >= 15 is 0 Å². The van der Waals surface area contributed by atoms with Crippen LogP contribution in [0.5, 0.6) is 0 Å². The van der Waals surface area contributed by atoms with Gasteiger partial charge in [-0.05, 0) is 31.5 Å². The molecule has 2 rings (SSSR count). The quantitative estimate of drug-likeness (QED) is 0.806. The van der Waals surface area contributed by atoms with E-state index in [-0.39, 0.29) is 5.91 Å². The lowest BCUT2D eigenvalue weighted by atomic mass is 9.91. The van der Waals surface area contributed by atoms with Gasteiger partial charge in [-0.2, -0.15) is 0 Å². The van der Waals surface area contributed by atoms with Crippen LogP contribution in [0.4, 0.5) is 5.69 Å². The van der Waals surface area contributed by atoms with E-state index in [1.807, 2.05) is 68.4 Å². The van der Waals surface area contributed by atoms with Crippen molar-refractivity contribution >= 4 is 11.6 Å². The van der Waals surface area contributed by atoms with E-state index in [9.17, 15) is 4.79 Å². The van der Waals surface area contributed by atoms with Crippen molar-refractivity contribution in [1.29, 1.82) is 0 Å². The molecule has 0 aliphatic carbocycles. The zero-order valence-electron chi connectivity index (χ0n) is 13.2. The van der Waals surface area contributed by atoms with Gasteiger partial charge in [0, 0.05) is 12.1 Å². The summed E-state index contributed by atoms with van der Waals surface area (Å²) in [4.78, 5) is 17.2. The highest BCUT2D eigenvalue weighted by atomic mass is 16.6. The molecule has 0 aromatic heterocycles. The number of amides is 1. The van der Waals surface area contributed by atoms with Gasteiger partial charge in [-0.3, -0.25) is 9.63 Å². The molecule has 22 heavy (non-hydrogen) atoms. The average molecular weight is 298 g/mol. The topological polar surface area (TPSA) is 50.4 Å². The molecule has 2 aromatic rings. The molecule has 0 fully saturated rings. The Labute approximate surface area is 131 Å². The summed E-state index contributed by atoms with van der Waals surface area (Å²) in [6, 6.07) is 17.9. The predicted octanol–water partition coefficient (Wildman–Crippen LogP) is 3.09. The minimum Gasteiger partial charge on any atom is -0.371 e. The highest BCUT2D eigenvalue weighted by molar-refractivity contribution is 5.88. The molecule has 0 aliphatic rings. The van der Waals surface area contributed by atoms with Crippen LogP contribution in [0.2, 0.25) is 0 Å². The van der Waals surface area contributed by atoms with E-state index in [0.29, 0.717) is 6.42 Å². The Balaban J connectivity index is 2.24. The Hall–Kier alpha value is -2.33. The maximum absolute atomic E-state index is 12.4. The van der Waals surface area contributed by atoms with Crippen LogP contribution in [0.15, 0.2) is 54.6 Å². The second-order valence-electron chi connectivity index (χ2n) is 5.62. The number of hydroxylamine groups is 1. The first-order valence-corrected chi connectivity index (χ1v) is 7.26. The summed E-state index contributed by atoms with van der Waals surface area (Å²) in [5, 5.41) is 3.31. The molecule has 4 heteroatoms. The molecule has 0 heterocycles. The fraction of sp³-hybridized carbons (Fsp3) is 0.278. The normalized spacial score (nSPS) is 13.2. The van der Waals surface area contributed by atoms with E-state index in [2.05, 4.69) is 10.8 Å². The summed E-state index contributed by atoms with van der Waals surface area (Å²) >= 11 is 0. The highest BCUT2D eigenvalue weighted by Crippen LogP contribution is 2.21. The van der Waals surface area contributed by atoms with Gasteiger partial charge < -0.3 is 5.32 Å². The molecular formula is C18H22N2O2. The molecule has 0 saturated carbocycles. The lowest BCUT2D eigenvalue weighted by Crippen LogP contribution is -2.51. The number of aryl methyl sites for hydroxylation is 1. The molecule has 0 spiro atoms. The van der Waals surface area contributed by atoms with Crippen LogP contribution in [0, 0.1) is 6.92 Å². The molecule has 0 unspecified atom stereocenters. The van der Waals surface area contributed by atoms with Gasteiger partial charge in [-0.15, -0.1) is 0 Å². The molecule has 2 N–H and O–H groups in total. The van der Waals surface area contributed by atoms with Crippen LogP contribution < -0.4 is 10.8 Å². The van der Waals surface area contributed by atoms with Crippen molar-refractivity contribution in [3.63, 3.8) is 0 Å². The number of anilines is 1. The smallest absolute Gasteiger partial charge is 0.269 e. The largest absolute Gasteiger partial charge is 0.371 e. The number of hydrogen-bond acceptors (Lipinski definition) is 3. The Bertz CT molecular complexity index is 611. The molecule has 0 aliphatic heterocycles. The zero-order valence-corrected chi connectivity index (χ0v) is 13.2. The van der Waals surface area contributed by atoms with Crippen LogP contribution in [0.25, 0.3) is 0 Å². The predicted molar refractivity (Wildman–Crippen MR) is 88.5 cm³/mol. The number of para-hydroxylation sites is 1. The maximum atomic E-state index is 12.4. The van der Waals surface area contributed by atoms with Crippen LogP contribution in [-0.2, 0) is 16.1 Å². The molecule has 0 radical (unpaired) electrons. The second kappa shape index (κ2) is 7.09. The van der Waals surface area contributed by atoms with Crippen molar-refractivity contribution < 1.29 is 9.63 Å². The van der Waals surface area contributed by atoms with Gasteiger partial charge >= 0.3 is 0 Å². The Morgan fingerprint density at radius 2 is 1.73 bits per heavy atom. The number of benzene rings is 2. The first-order valence-electron chi connectivity index (χ1n) is 7.26. The summed E-state index contributed by atoms with van der Waals surface area (Å²) in [7, 11) is 1.44. The van der Waals surface area contributed by atoms with E-state index < -0.39 is 5.54 Å². The zero-order chi connectivity index (χ0) is 16.0. The van der Waals surface area contributed by atoms with E-state index in [4.69, 9.17) is 4.84 Å². The number of nitrogens with one attached hydrogen (secondary N) is 2. The molecule has 0 bridgehead atoms. The third-order valence-electron chi connectivity index (χ3n) is 3.57. The summed E-state index contributed by atoms with van der Waals surface area (Å²) in [5.74, 6) is -0.209. The first kappa shape index (κ1) is 16.0. The molecule has 4 nitrogen and oxygen atoms in total. The Morgan fingerprint density at radius 3 is 2.32 bits per heavy atom. The molecule has 1 atom stereocenters. The SMILES string of the molecule is CONC(=O)[C@](C)(Cc1ccc(C)cc1)Nc1ccccc1. The van der Waals surface area contributed by atoms with Gasteiger partial charge in [0.15, 0.2) is 0 Å². The monoisotopic (exact) mass is 298 g/mol. The lowest BCUT2D eigenvalue weighted by molar-refractivity contribution is -0.135. The van der Waals surface area contributed by atoms with E-state index in [1.165, 1.54) is 12.7 Å². The standard InChI is InChI=1S/C18H22N2O2/c1-14-9-11-15(12-10-14)13-18(2,17(21)20-22-3)19-16-7-5-4-6-8-16/h4-12,19H,13H2,1-3H3,(H,20,21)/t18-/m0/s1. The summed E-state index contributed by atoms with van der Waals surface area (Å²) in [6.07, 6.45) is 0.553. The van der Waals surface area contributed by atoms with E-state index in [0.717, 1.165) is 11.3 Å². The highest BCUT2D eigenvalue weighted by Gasteiger charge is 2.33. The minimum atomic E-state index is -0.813. The summed E-state index contributed by atoms with van der Waals surface area (Å²) < 4.78 is 0. The summed E-state index contributed by atoms with van der Waals surface area (Å²) in [5.41, 5.74) is 4.80. The van der Waals surface area contributed by atoms with Crippen LogP contribution in [0.1, 0.15) is 18.1 Å². The van der Waals surface area contributed by atoms with E-state index in [1.54, 1.807) is 0 Å². The third-order valence-corrected chi connectivity index (χ3v) is 3.57. The fourth-order valence-corrected chi connectivity index (χ4v) is 2.34. The molecule has 2 aromatic carbocycles. The third kappa shape index (κ3) is 4.09. The second-order valence-corrected chi connectivity index (χ2v) is 5.62. The Kier molecular flexibility index (Phi) is 5.17. The number of carbonyl (C=O) groups is 1. The van der Waals surface area contributed by atoms with Crippen LogP contribution >= 0.6 is 0 Å². The van der Waals surface area contributed by atoms with Gasteiger partial charge in [0.1, 0.15) is 5.54 Å². The van der Waals surface area contributed by atoms with Crippen molar-refractivity contribution in [2.45, 2.75) is 25.8 Å². The fourth-order valence-electron chi connectivity index (χ4n) is 2.34. The maximum Gasteiger partial charge on any atom is 0.269 e. The van der Waals surface area contributed by atoms with Gasteiger partial charge in [-0.1, -0.05) is 48.0 Å².